The SMILES string of the molecule is CC(CCN1CC=C(c2ccc(C#CCN3CCCC3)cc2)CC1)(C(=O)NO)S(C)(=O)=O. The molecule has 1 unspecified atom stereocenters. The van der Waals surface area contributed by atoms with Crippen LogP contribution in [0.5, 0.6) is 0 Å². The predicted molar refractivity (Wildman–Crippen MR) is 126 cm³/mol. The topological polar surface area (TPSA) is 89.9 Å². The van der Waals surface area contributed by atoms with E-state index in [1.807, 2.05) is 0 Å². The lowest BCUT2D eigenvalue weighted by Crippen LogP contribution is -2.51. The molecule has 2 aliphatic heterocycles. The molecule has 1 aromatic carbocycles. The normalized spacial score (nSPS) is 19.5. The summed E-state index contributed by atoms with van der Waals surface area (Å²) in [5.74, 6) is 5.62. The van der Waals surface area contributed by atoms with Crippen molar-refractivity contribution < 1.29 is 18.4 Å². The highest BCUT2D eigenvalue weighted by atomic mass is 32.2. The summed E-state index contributed by atoms with van der Waals surface area (Å²) >= 11 is 0. The van der Waals surface area contributed by atoms with Crippen molar-refractivity contribution in [2.75, 3.05) is 45.5 Å². The molecule has 8 heteroatoms. The van der Waals surface area contributed by atoms with Gasteiger partial charge < -0.3 is 0 Å². The Kier molecular flexibility index (Phi) is 8.12. The molecule has 1 amide bonds. The summed E-state index contributed by atoms with van der Waals surface area (Å²) in [6, 6.07) is 8.33. The summed E-state index contributed by atoms with van der Waals surface area (Å²) in [6.45, 7) is 6.42. The van der Waals surface area contributed by atoms with Gasteiger partial charge in [0.25, 0.3) is 5.91 Å². The van der Waals surface area contributed by atoms with Crippen molar-refractivity contribution in [1.29, 1.82) is 0 Å². The maximum atomic E-state index is 12.1. The fourth-order valence-electron chi connectivity index (χ4n) is 4.10. The van der Waals surface area contributed by atoms with Crippen molar-refractivity contribution in [3.8, 4) is 11.8 Å². The number of carbonyl (C=O) groups excluding carboxylic acids is 1. The molecule has 2 N–H and O–H groups in total. The van der Waals surface area contributed by atoms with Crippen molar-refractivity contribution in [2.45, 2.75) is 37.4 Å². The lowest BCUT2D eigenvalue weighted by molar-refractivity contribution is -0.131. The van der Waals surface area contributed by atoms with E-state index >= 15 is 0 Å². The van der Waals surface area contributed by atoms with Crippen molar-refractivity contribution in [3.63, 3.8) is 0 Å². The van der Waals surface area contributed by atoms with E-state index in [9.17, 15) is 13.2 Å². The van der Waals surface area contributed by atoms with Crippen LogP contribution in [0.3, 0.4) is 0 Å². The van der Waals surface area contributed by atoms with Gasteiger partial charge in [-0.25, -0.2) is 13.9 Å². The number of sulfone groups is 1. The molecule has 32 heavy (non-hydrogen) atoms. The first kappa shape index (κ1) is 24.5. The molecule has 174 valence electrons. The van der Waals surface area contributed by atoms with Crippen LogP contribution in [0.2, 0.25) is 0 Å². The maximum Gasteiger partial charge on any atom is 0.264 e. The lowest BCUT2D eigenvalue weighted by Gasteiger charge is -2.31. The lowest BCUT2D eigenvalue weighted by atomic mass is 9.98. The fraction of sp³-hybridized carbons (Fsp3) is 0.542. The monoisotopic (exact) mass is 459 g/mol. The molecule has 3 rings (SSSR count). The van der Waals surface area contributed by atoms with E-state index in [1.165, 1.54) is 36.4 Å². The van der Waals surface area contributed by atoms with Gasteiger partial charge in [0.1, 0.15) is 0 Å². The van der Waals surface area contributed by atoms with Crippen LogP contribution >= 0.6 is 0 Å². The zero-order valence-corrected chi connectivity index (χ0v) is 19.7. The van der Waals surface area contributed by atoms with Crippen LogP contribution in [0.25, 0.3) is 5.57 Å². The third kappa shape index (κ3) is 5.99. The standard InChI is InChI=1S/C24H33N3O4S/c1-24(23(28)25-29,32(2,30)31)13-19-27-17-11-22(12-18-27)21-9-7-20(8-10-21)6-5-16-26-14-3-4-15-26/h7-11,29H,3-4,12-19H2,1-2H3,(H,25,28). The molecule has 0 saturated carbocycles. The van der Waals surface area contributed by atoms with Gasteiger partial charge in [-0.15, -0.1) is 0 Å². The molecule has 0 bridgehead atoms. The van der Waals surface area contributed by atoms with Crippen LogP contribution in [0.4, 0.5) is 0 Å². The summed E-state index contributed by atoms with van der Waals surface area (Å²) in [5.41, 5.74) is 4.96. The summed E-state index contributed by atoms with van der Waals surface area (Å²) in [5, 5.41) is 8.95. The molecule has 1 saturated heterocycles. The number of carbonyl (C=O) groups is 1. The second-order valence-electron chi connectivity index (χ2n) is 8.84. The Labute approximate surface area is 191 Å². The van der Waals surface area contributed by atoms with E-state index in [4.69, 9.17) is 5.21 Å². The Balaban J connectivity index is 1.54. The molecular formula is C24H33N3O4S. The Morgan fingerprint density at radius 3 is 2.41 bits per heavy atom. The molecule has 7 nitrogen and oxygen atoms in total. The van der Waals surface area contributed by atoms with Crippen LogP contribution < -0.4 is 5.48 Å². The van der Waals surface area contributed by atoms with Gasteiger partial charge >= 0.3 is 0 Å². The van der Waals surface area contributed by atoms with Gasteiger partial charge in [-0.05, 0) is 69.0 Å². The molecule has 1 atom stereocenters. The molecule has 0 aliphatic carbocycles. The summed E-state index contributed by atoms with van der Waals surface area (Å²) < 4.78 is 22.6. The van der Waals surface area contributed by atoms with Gasteiger partial charge in [-0.1, -0.05) is 30.0 Å². The number of amides is 1. The van der Waals surface area contributed by atoms with Crippen molar-refractivity contribution in [2.24, 2.45) is 0 Å². The predicted octanol–water partition coefficient (Wildman–Crippen LogP) is 1.92. The first-order valence-corrected chi connectivity index (χ1v) is 13.0. The highest BCUT2D eigenvalue weighted by Crippen LogP contribution is 2.25. The van der Waals surface area contributed by atoms with Crippen molar-refractivity contribution in [3.05, 3.63) is 41.5 Å². The van der Waals surface area contributed by atoms with Crippen LogP contribution in [0.1, 0.15) is 43.7 Å². The first-order valence-electron chi connectivity index (χ1n) is 11.1. The van der Waals surface area contributed by atoms with Crippen LogP contribution in [-0.2, 0) is 14.6 Å². The third-order valence-corrected chi connectivity index (χ3v) is 8.61. The Hall–Kier alpha value is -2.18. The molecule has 2 aliphatic rings. The summed E-state index contributed by atoms with van der Waals surface area (Å²) in [6.07, 6.45) is 6.70. The van der Waals surface area contributed by atoms with Gasteiger partial charge in [0.15, 0.2) is 14.6 Å². The van der Waals surface area contributed by atoms with Gasteiger partial charge in [0, 0.05) is 31.5 Å². The Bertz CT molecular complexity index is 1000. The van der Waals surface area contributed by atoms with E-state index < -0.39 is 20.5 Å². The second-order valence-corrected chi connectivity index (χ2v) is 11.3. The van der Waals surface area contributed by atoms with Crippen LogP contribution in [0.15, 0.2) is 30.3 Å². The number of benzene rings is 1. The van der Waals surface area contributed by atoms with Crippen molar-refractivity contribution in [1.82, 2.24) is 15.3 Å². The summed E-state index contributed by atoms with van der Waals surface area (Å²) in [4.78, 5) is 16.5. The molecule has 1 aromatic rings. The minimum absolute atomic E-state index is 0.117. The Morgan fingerprint density at radius 1 is 1.16 bits per heavy atom. The maximum absolute atomic E-state index is 12.1. The zero-order chi connectivity index (χ0) is 23.2. The zero-order valence-electron chi connectivity index (χ0n) is 18.9. The number of likely N-dealkylation sites (tertiary alicyclic amines) is 1. The quantitative estimate of drug-likeness (QED) is 0.368. The third-order valence-electron chi connectivity index (χ3n) is 6.59. The van der Waals surface area contributed by atoms with E-state index in [0.29, 0.717) is 13.1 Å². The minimum atomic E-state index is -3.67. The number of rotatable bonds is 7. The molecule has 2 heterocycles. The molecule has 0 aromatic heterocycles. The second kappa shape index (κ2) is 10.6. The first-order chi connectivity index (χ1) is 15.2. The highest BCUT2D eigenvalue weighted by molar-refractivity contribution is 7.92. The number of hydrogen-bond donors (Lipinski definition) is 2. The van der Waals surface area contributed by atoms with E-state index in [0.717, 1.165) is 44.4 Å². The van der Waals surface area contributed by atoms with Crippen molar-refractivity contribution >= 4 is 21.3 Å². The average Bonchev–Trinajstić information content (AvgIpc) is 3.30. The average molecular weight is 460 g/mol. The molecule has 0 radical (unpaired) electrons. The van der Waals surface area contributed by atoms with Gasteiger partial charge in [-0.2, -0.15) is 0 Å². The fourth-order valence-corrected chi connectivity index (χ4v) is 4.94. The molecular weight excluding hydrogens is 426 g/mol. The smallest absolute Gasteiger partial charge is 0.264 e. The van der Waals surface area contributed by atoms with Gasteiger partial charge in [-0.3, -0.25) is 19.8 Å². The van der Waals surface area contributed by atoms with E-state index in [-0.39, 0.29) is 6.42 Å². The molecule has 1 fully saturated rings. The van der Waals surface area contributed by atoms with Crippen LogP contribution in [-0.4, -0.2) is 79.6 Å². The number of hydrogen-bond acceptors (Lipinski definition) is 6. The van der Waals surface area contributed by atoms with E-state index in [2.05, 4.69) is 52.0 Å². The molecule has 0 spiro atoms. The number of nitrogens with one attached hydrogen (secondary N) is 1. The minimum Gasteiger partial charge on any atom is -0.299 e. The van der Waals surface area contributed by atoms with Gasteiger partial charge in [0.2, 0.25) is 0 Å². The van der Waals surface area contributed by atoms with E-state index in [1.54, 1.807) is 0 Å². The highest BCUT2D eigenvalue weighted by Gasteiger charge is 2.43. The number of hydroxylamine groups is 1. The summed E-state index contributed by atoms with van der Waals surface area (Å²) in [7, 11) is -3.67. The largest absolute Gasteiger partial charge is 0.299 e. The number of nitrogens with zero attached hydrogens (tertiary/aromatic N) is 2. The van der Waals surface area contributed by atoms with Gasteiger partial charge in [0.05, 0.1) is 6.54 Å². The Morgan fingerprint density at radius 2 is 1.84 bits per heavy atom. The van der Waals surface area contributed by atoms with Crippen LogP contribution in [0, 0.1) is 11.8 Å².